The Labute approximate surface area is 160 Å². The van der Waals surface area contributed by atoms with Crippen molar-refractivity contribution >= 4 is 5.78 Å². The van der Waals surface area contributed by atoms with E-state index in [1.54, 1.807) is 38.5 Å². The maximum absolute atomic E-state index is 11.2. The average Bonchev–Trinajstić information content (AvgIpc) is 2.69. The van der Waals surface area contributed by atoms with Crippen LogP contribution in [0.3, 0.4) is 0 Å². The fraction of sp³-hybridized carbons (Fsp3) is 0.381. The Kier molecular flexibility index (Phi) is 8.10. The van der Waals surface area contributed by atoms with Gasteiger partial charge in [-0.25, -0.2) is 0 Å². The molecule has 0 saturated heterocycles. The fourth-order valence-corrected chi connectivity index (χ4v) is 2.57. The minimum Gasteiger partial charge on any atom is -0.493 e. The Morgan fingerprint density at radius 3 is 2.41 bits per heavy atom. The van der Waals surface area contributed by atoms with Crippen LogP contribution in [0, 0.1) is 0 Å². The van der Waals surface area contributed by atoms with Gasteiger partial charge in [-0.3, -0.25) is 4.79 Å². The van der Waals surface area contributed by atoms with Crippen molar-refractivity contribution in [2.45, 2.75) is 19.4 Å². The summed E-state index contributed by atoms with van der Waals surface area (Å²) >= 11 is 0. The molecule has 2 aromatic rings. The Morgan fingerprint density at radius 1 is 1.07 bits per heavy atom. The van der Waals surface area contributed by atoms with Crippen LogP contribution < -0.4 is 19.5 Å². The Bertz CT molecular complexity index is 730. The van der Waals surface area contributed by atoms with Gasteiger partial charge >= 0.3 is 0 Å². The summed E-state index contributed by atoms with van der Waals surface area (Å²) in [6.07, 6.45) is 0.184. The van der Waals surface area contributed by atoms with E-state index in [1.165, 1.54) is 6.92 Å². The summed E-state index contributed by atoms with van der Waals surface area (Å²) in [4.78, 5) is 11.2. The molecule has 6 heteroatoms. The number of nitrogens with one attached hydrogen (secondary N) is 1. The molecular weight excluding hydrogens is 346 g/mol. The van der Waals surface area contributed by atoms with Gasteiger partial charge < -0.3 is 24.6 Å². The first-order valence-electron chi connectivity index (χ1n) is 8.87. The maximum atomic E-state index is 11.2. The second kappa shape index (κ2) is 10.5. The molecule has 0 fully saturated rings. The van der Waals surface area contributed by atoms with E-state index in [0.717, 1.165) is 18.5 Å². The van der Waals surface area contributed by atoms with Gasteiger partial charge in [0.1, 0.15) is 18.5 Å². The fourth-order valence-electron chi connectivity index (χ4n) is 2.57. The van der Waals surface area contributed by atoms with Crippen LogP contribution in [0.2, 0.25) is 0 Å². The maximum Gasteiger partial charge on any atom is 0.160 e. The van der Waals surface area contributed by atoms with Crippen molar-refractivity contribution in [3.05, 3.63) is 53.6 Å². The van der Waals surface area contributed by atoms with Crippen molar-refractivity contribution in [2.75, 3.05) is 33.9 Å². The van der Waals surface area contributed by atoms with E-state index in [9.17, 15) is 9.90 Å². The lowest BCUT2D eigenvalue weighted by molar-refractivity contribution is 0.101. The first kappa shape index (κ1) is 20.7. The van der Waals surface area contributed by atoms with E-state index in [0.29, 0.717) is 29.4 Å². The van der Waals surface area contributed by atoms with Crippen LogP contribution in [0.5, 0.6) is 17.2 Å². The summed E-state index contributed by atoms with van der Waals surface area (Å²) in [5.41, 5.74) is 1.76. The van der Waals surface area contributed by atoms with Gasteiger partial charge in [0, 0.05) is 12.1 Å². The molecule has 0 heterocycles. The van der Waals surface area contributed by atoms with Gasteiger partial charge in [0.2, 0.25) is 0 Å². The summed E-state index contributed by atoms with van der Waals surface area (Å²) in [5.74, 6) is 2.06. The normalized spacial score (nSPS) is 11.7. The van der Waals surface area contributed by atoms with E-state index in [4.69, 9.17) is 14.2 Å². The number of carbonyl (C=O) groups excluding carboxylic acids is 1. The minimum absolute atomic E-state index is 0.0141. The molecule has 0 radical (unpaired) electrons. The molecule has 0 aliphatic rings. The van der Waals surface area contributed by atoms with Gasteiger partial charge in [-0.2, -0.15) is 0 Å². The SMILES string of the molecule is COc1ccc(CCNCC(O)COc2ccc(C(C)=O)cc2)cc1OC. The number of Topliss-reactive ketones (excluding diaryl/α,β-unsaturated/α-hetero) is 1. The van der Waals surface area contributed by atoms with E-state index in [2.05, 4.69) is 5.32 Å². The predicted molar refractivity (Wildman–Crippen MR) is 104 cm³/mol. The van der Waals surface area contributed by atoms with E-state index in [-0.39, 0.29) is 12.4 Å². The lowest BCUT2D eigenvalue weighted by Crippen LogP contribution is -2.32. The Morgan fingerprint density at radius 2 is 1.78 bits per heavy atom. The van der Waals surface area contributed by atoms with Crippen molar-refractivity contribution < 1.29 is 24.1 Å². The number of hydrogen-bond donors (Lipinski definition) is 2. The quantitative estimate of drug-likeness (QED) is 0.465. The highest BCUT2D eigenvalue weighted by molar-refractivity contribution is 5.94. The topological polar surface area (TPSA) is 77.0 Å². The number of aliphatic hydroxyl groups excluding tert-OH is 1. The van der Waals surface area contributed by atoms with Crippen molar-refractivity contribution in [3.63, 3.8) is 0 Å². The van der Waals surface area contributed by atoms with Gasteiger partial charge in [-0.05, 0) is 61.9 Å². The van der Waals surface area contributed by atoms with Crippen LogP contribution in [0.4, 0.5) is 0 Å². The number of ketones is 1. The monoisotopic (exact) mass is 373 g/mol. The van der Waals surface area contributed by atoms with Crippen LogP contribution in [0.1, 0.15) is 22.8 Å². The molecule has 146 valence electrons. The molecule has 1 unspecified atom stereocenters. The van der Waals surface area contributed by atoms with E-state index < -0.39 is 6.10 Å². The van der Waals surface area contributed by atoms with Crippen LogP contribution in [-0.2, 0) is 6.42 Å². The highest BCUT2D eigenvalue weighted by Gasteiger charge is 2.07. The van der Waals surface area contributed by atoms with Gasteiger partial charge in [-0.1, -0.05) is 6.07 Å². The third kappa shape index (κ3) is 6.58. The standard InChI is InChI=1S/C21H27NO5/c1-15(23)17-5-7-19(8-6-17)27-14-18(24)13-22-11-10-16-4-9-20(25-2)21(12-16)26-3/h4-9,12,18,22,24H,10-11,13-14H2,1-3H3. The molecule has 2 aromatic carbocycles. The van der Waals surface area contributed by atoms with Gasteiger partial charge in [-0.15, -0.1) is 0 Å². The number of rotatable bonds is 11. The third-order valence-corrected chi connectivity index (χ3v) is 4.12. The van der Waals surface area contributed by atoms with E-state index in [1.807, 2.05) is 18.2 Å². The molecule has 0 aliphatic heterocycles. The molecule has 0 aliphatic carbocycles. The van der Waals surface area contributed by atoms with Crippen LogP contribution in [0.15, 0.2) is 42.5 Å². The van der Waals surface area contributed by atoms with Crippen LogP contribution >= 0.6 is 0 Å². The molecular formula is C21H27NO5. The third-order valence-electron chi connectivity index (χ3n) is 4.12. The number of hydrogen-bond acceptors (Lipinski definition) is 6. The highest BCUT2D eigenvalue weighted by Crippen LogP contribution is 2.27. The molecule has 27 heavy (non-hydrogen) atoms. The zero-order valence-electron chi connectivity index (χ0n) is 16.0. The van der Waals surface area contributed by atoms with Crippen molar-refractivity contribution in [3.8, 4) is 17.2 Å². The molecule has 0 amide bonds. The van der Waals surface area contributed by atoms with Gasteiger partial charge in [0.05, 0.1) is 14.2 Å². The molecule has 0 bridgehead atoms. The summed E-state index contributed by atoms with van der Waals surface area (Å²) in [6.45, 7) is 2.86. The van der Waals surface area contributed by atoms with Crippen molar-refractivity contribution in [2.24, 2.45) is 0 Å². The zero-order chi connectivity index (χ0) is 19.6. The number of methoxy groups -OCH3 is 2. The smallest absolute Gasteiger partial charge is 0.160 e. The largest absolute Gasteiger partial charge is 0.493 e. The van der Waals surface area contributed by atoms with Gasteiger partial charge in [0.15, 0.2) is 17.3 Å². The summed E-state index contributed by atoms with van der Waals surface area (Å²) < 4.78 is 16.1. The Balaban J connectivity index is 1.68. The second-order valence-electron chi connectivity index (χ2n) is 6.19. The molecule has 0 spiro atoms. The first-order valence-corrected chi connectivity index (χ1v) is 8.87. The number of ether oxygens (including phenoxy) is 3. The lowest BCUT2D eigenvalue weighted by atomic mass is 10.1. The molecule has 6 nitrogen and oxygen atoms in total. The molecule has 2 N–H and O–H groups in total. The van der Waals surface area contributed by atoms with Crippen molar-refractivity contribution in [1.82, 2.24) is 5.32 Å². The van der Waals surface area contributed by atoms with Crippen LogP contribution in [-0.4, -0.2) is 50.9 Å². The summed E-state index contributed by atoms with van der Waals surface area (Å²) in [7, 11) is 3.23. The number of benzene rings is 2. The van der Waals surface area contributed by atoms with E-state index >= 15 is 0 Å². The average molecular weight is 373 g/mol. The first-order chi connectivity index (χ1) is 13.0. The summed E-state index contributed by atoms with van der Waals surface area (Å²) in [6, 6.07) is 12.7. The summed E-state index contributed by atoms with van der Waals surface area (Å²) in [5, 5.41) is 13.2. The zero-order valence-corrected chi connectivity index (χ0v) is 16.0. The highest BCUT2D eigenvalue weighted by atomic mass is 16.5. The Hall–Kier alpha value is -2.57. The predicted octanol–water partition coefficient (Wildman–Crippen LogP) is 2.48. The molecule has 2 rings (SSSR count). The van der Waals surface area contributed by atoms with Gasteiger partial charge in [0.25, 0.3) is 0 Å². The second-order valence-corrected chi connectivity index (χ2v) is 6.19. The molecule has 0 saturated carbocycles. The molecule has 0 aromatic heterocycles. The molecule has 1 atom stereocenters. The lowest BCUT2D eigenvalue weighted by Gasteiger charge is -2.14. The van der Waals surface area contributed by atoms with Crippen LogP contribution in [0.25, 0.3) is 0 Å². The number of carbonyl (C=O) groups is 1. The number of aliphatic hydroxyl groups is 1. The minimum atomic E-state index is -0.622. The van der Waals surface area contributed by atoms with Crippen molar-refractivity contribution in [1.29, 1.82) is 0 Å².